The maximum Gasteiger partial charge on any atom is 0.130 e. The van der Waals surface area contributed by atoms with Gasteiger partial charge in [-0.05, 0) is 46.4 Å². The Kier molecular flexibility index (Phi) is 4.16. The van der Waals surface area contributed by atoms with Crippen molar-refractivity contribution in [1.29, 1.82) is 0 Å². The van der Waals surface area contributed by atoms with Gasteiger partial charge in [-0.2, -0.15) is 0 Å². The topological polar surface area (TPSA) is 24.9 Å². The molecule has 0 aliphatic rings. The van der Waals surface area contributed by atoms with Crippen LogP contribution >= 0.6 is 0 Å². The van der Waals surface area contributed by atoms with Crippen molar-refractivity contribution >= 4 is 11.5 Å². The predicted molar refractivity (Wildman–Crippen MR) is 98.1 cm³/mol. The Hall–Kier alpha value is -2.61. The Labute approximate surface area is 138 Å². The van der Waals surface area contributed by atoms with Crippen molar-refractivity contribution in [3.8, 4) is 11.1 Å². The highest BCUT2D eigenvalue weighted by molar-refractivity contribution is 5.68. The molecule has 0 spiro atoms. The first-order chi connectivity index (χ1) is 11.0. The average Bonchev–Trinajstić information content (AvgIpc) is 2.55. The Bertz CT molecular complexity index is 769. The lowest BCUT2D eigenvalue weighted by Crippen LogP contribution is -2.10. The highest BCUT2D eigenvalue weighted by Gasteiger charge is 2.13. The van der Waals surface area contributed by atoms with Crippen molar-refractivity contribution in [2.75, 3.05) is 5.32 Å². The highest BCUT2D eigenvalue weighted by atomic mass is 15.0. The van der Waals surface area contributed by atoms with Gasteiger partial charge in [-0.25, -0.2) is 4.98 Å². The Morgan fingerprint density at radius 3 is 2.13 bits per heavy atom. The number of nitrogens with zero attached hydrogens (tertiary/aromatic N) is 1. The molecule has 0 saturated heterocycles. The Morgan fingerprint density at radius 1 is 0.783 bits per heavy atom. The van der Waals surface area contributed by atoms with Gasteiger partial charge in [-0.15, -0.1) is 0 Å². The maximum atomic E-state index is 4.41. The second-order valence-corrected chi connectivity index (χ2v) is 6.75. The predicted octanol–water partition coefficient (Wildman–Crippen LogP) is 5.79. The highest BCUT2D eigenvalue weighted by Crippen LogP contribution is 2.27. The molecule has 0 amide bonds. The fourth-order valence-electron chi connectivity index (χ4n) is 2.51. The van der Waals surface area contributed by atoms with Gasteiger partial charge in [0.25, 0.3) is 0 Å². The molecule has 0 saturated carbocycles. The SMILES string of the molecule is CC(C)(C)c1ccc(-c2ccnc(Nc3ccccc3)c2)cc1. The van der Waals surface area contributed by atoms with Gasteiger partial charge >= 0.3 is 0 Å². The standard InChI is InChI=1S/C21H22N2/c1-21(2,3)18-11-9-16(10-12-18)17-13-14-22-20(15-17)23-19-7-5-4-6-8-19/h4-15H,1-3H3,(H,22,23). The first-order valence-electron chi connectivity index (χ1n) is 7.91. The van der Waals surface area contributed by atoms with Crippen LogP contribution in [0.4, 0.5) is 11.5 Å². The van der Waals surface area contributed by atoms with Gasteiger partial charge < -0.3 is 5.32 Å². The zero-order valence-corrected chi connectivity index (χ0v) is 13.9. The van der Waals surface area contributed by atoms with Gasteiger partial charge in [0.2, 0.25) is 0 Å². The minimum Gasteiger partial charge on any atom is -0.340 e. The number of hydrogen-bond donors (Lipinski definition) is 1. The first-order valence-corrected chi connectivity index (χ1v) is 7.91. The molecule has 0 atom stereocenters. The maximum absolute atomic E-state index is 4.41. The monoisotopic (exact) mass is 302 g/mol. The Morgan fingerprint density at radius 2 is 1.48 bits per heavy atom. The van der Waals surface area contributed by atoms with E-state index in [1.807, 2.05) is 42.6 Å². The summed E-state index contributed by atoms with van der Waals surface area (Å²) in [5, 5.41) is 3.34. The molecule has 0 aliphatic heterocycles. The summed E-state index contributed by atoms with van der Waals surface area (Å²) in [4.78, 5) is 4.41. The molecular weight excluding hydrogens is 280 g/mol. The van der Waals surface area contributed by atoms with Gasteiger partial charge in [0.15, 0.2) is 0 Å². The number of pyridine rings is 1. The van der Waals surface area contributed by atoms with Gasteiger partial charge in [0.05, 0.1) is 0 Å². The number of anilines is 2. The third kappa shape index (κ3) is 3.78. The van der Waals surface area contributed by atoms with Gasteiger partial charge in [-0.1, -0.05) is 63.2 Å². The van der Waals surface area contributed by atoms with Crippen molar-refractivity contribution < 1.29 is 0 Å². The number of para-hydroxylation sites is 1. The lowest BCUT2D eigenvalue weighted by atomic mass is 9.86. The van der Waals surface area contributed by atoms with Crippen LogP contribution in [-0.4, -0.2) is 4.98 Å². The molecule has 23 heavy (non-hydrogen) atoms. The van der Waals surface area contributed by atoms with Crippen LogP contribution in [0.2, 0.25) is 0 Å². The largest absolute Gasteiger partial charge is 0.340 e. The average molecular weight is 302 g/mol. The molecule has 1 heterocycles. The van der Waals surface area contributed by atoms with E-state index < -0.39 is 0 Å². The van der Waals surface area contributed by atoms with Crippen LogP contribution < -0.4 is 5.32 Å². The Balaban J connectivity index is 1.85. The molecule has 0 fully saturated rings. The minimum absolute atomic E-state index is 0.177. The van der Waals surface area contributed by atoms with Crippen LogP contribution in [0, 0.1) is 0 Å². The third-order valence-electron chi connectivity index (χ3n) is 3.89. The van der Waals surface area contributed by atoms with E-state index >= 15 is 0 Å². The van der Waals surface area contributed by atoms with Crippen molar-refractivity contribution in [1.82, 2.24) is 4.98 Å². The summed E-state index contributed by atoms with van der Waals surface area (Å²) in [6.07, 6.45) is 1.85. The molecule has 116 valence electrons. The number of hydrogen-bond acceptors (Lipinski definition) is 2. The quantitative estimate of drug-likeness (QED) is 0.662. The van der Waals surface area contributed by atoms with E-state index in [4.69, 9.17) is 0 Å². The summed E-state index contributed by atoms with van der Waals surface area (Å²) in [5.41, 5.74) is 4.94. The second-order valence-electron chi connectivity index (χ2n) is 6.75. The minimum atomic E-state index is 0.177. The summed E-state index contributed by atoms with van der Waals surface area (Å²) in [7, 11) is 0. The van der Waals surface area contributed by atoms with Crippen molar-refractivity contribution in [3.63, 3.8) is 0 Å². The van der Waals surface area contributed by atoms with Crippen LogP contribution in [0.25, 0.3) is 11.1 Å². The third-order valence-corrected chi connectivity index (χ3v) is 3.89. The summed E-state index contributed by atoms with van der Waals surface area (Å²) >= 11 is 0. The zero-order valence-electron chi connectivity index (χ0n) is 13.9. The fraction of sp³-hybridized carbons (Fsp3) is 0.190. The van der Waals surface area contributed by atoms with Crippen molar-refractivity contribution in [2.45, 2.75) is 26.2 Å². The zero-order chi connectivity index (χ0) is 16.3. The first kappa shape index (κ1) is 15.3. The van der Waals surface area contributed by atoms with E-state index in [-0.39, 0.29) is 5.41 Å². The molecule has 3 aromatic rings. The molecule has 2 aromatic carbocycles. The summed E-state index contributed by atoms with van der Waals surface area (Å²) < 4.78 is 0. The molecule has 1 N–H and O–H groups in total. The number of aromatic nitrogens is 1. The van der Waals surface area contributed by atoms with Gasteiger partial charge in [-0.3, -0.25) is 0 Å². The molecule has 2 nitrogen and oxygen atoms in total. The van der Waals surface area contributed by atoms with Crippen molar-refractivity contribution in [2.24, 2.45) is 0 Å². The smallest absolute Gasteiger partial charge is 0.130 e. The van der Waals surface area contributed by atoms with Crippen LogP contribution in [0.15, 0.2) is 72.9 Å². The van der Waals surface area contributed by atoms with Crippen molar-refractivity contribution in [3.05, 3.63) is 78.5 Å². The number of rotatable bonds is 3. The fourth-order valence-corrected chi connectivity index (χ4v) is 2.51. The van der Waals surface area contributed by atoms with E-state index in [0.29, 0.717) is 0 Å². The lowest BCUT2D eigenvalue weighted by Gasteiger charge is -2.19. The summed E-state index contributed by atoms with van der Waals surface area (Å²) in [5.74, 6) is 0.855. The lowest BCUT2D eigenvalue weighted by molar-refractivity contribution is 0.590. The van der Waals surface area contributed by atoms with Gasteiger partial charge in [0.1, 0.15) is 5.82 Å². The van der Waals surface area contributed by atoms with Gasteiger partial charge in [0, 0.05) is 11.9 Å². The van der Waals surface area contributed by atoms with E-state index in [1.165, 1.54) is 16.7 Å². The second kappa shape index (κ2) is 6.25. The molecule has 3 rings (SSSR count). The number of benzene rings is 2. The molecule has 0 bridgehead atoms. The van der Waals surface area contributed by atoms with E-state index in [9.17, 15) is 0 Å². The molecule has 0 unspecified atom stereocenters. The molecule has 2 heteroatoms. The van der Waals surface area contributed by atoms with Crippen LogP contribution in [0.3, 0.4) is 0 Å². The summed E-state index contributed by atoms with van der Waals surface area (Å²) in [6, 6.07) is 23.0. The molecule has 1 aromatic heterocycles. The number of nitrogens with one attached hydrogen (secondary N) is 1. The van der Waals surface area contributed by atoms with Crippen LogP contribution in [0.1, 0.15) is 26.3 Å². The van der Waals surface area contributed by atoms with Crippen LogP contribution in [-0.2, 0) is 5.41 Å². The van der Waals surface area contributed by atoms with E-state index in [1.54, 1.807) is 0 Å². The van der Waals surface area contributed by atoms with E-state index in [0.717, 1.165) is 11.5 Å². The molecule has 0 aliphatic carbocycles. The van der Waals surface area contributed by atoms with Crippen LogP contribution in [0.5, 0.6) is 0 Å². The summed E-state index contributed by atoms with van der Waals surface area (Å²) in [6.45, 7) is 6.70. The molecule has 0 radical (unpaired) electrons. The van der Waals surface area contributed by atoms with E-state index in [2.05, 4.69) is 61.4 Å². The normalized spacial score (nSPS) is 11.3. The molecular formula is C21H22N2.